The third kappa shape index (κ3) is 3.15. The number of primary amides is 1. The molecule has 0 radical (unpaired) electrons. The molecule has 0 aliphatic heterocycles. The van der Waals surface area contributed by atoms with Crippen LogP contribution >= 0.6 is 15.9 Å². The predicted octanol–water partition coefficient (Wildman–Crippen LogP) is 3.63. The van der Waals surface area contributed by atoms with Gasteiger partial charge in [-0.25, -0.2) is 14.8 Å². The van der Waals surface area contributed by atoms with E-state index in [1.165, 1.54) is 6.33 Å². The van der Waals surface area contributed by atoms with Gasteiger partial charge in [-0.3, -0.25) is 0 Å². The number of fused-ring (bicyclic) bond motifs is 1. The molecule has 3 aromatic rings. The third-order valence-electron chi connectivity index (χ3n) is 3.01. The van der Waals surface area contributed by atoms with Crippen molar-refractivity contribution < 1.29 is 4.79 Å². The van der Waals surface area contributed by atoms with Crippen LogP contribution in [-0.2, 0) is 0 Å². The van der Waals surface area contributed by atoms with Crippen LogP contribution in [0.15, 0.2) is 53.3 Å². The first-order valence-corrected chi connectivity index (χ1v) is 7.25. The quantitative estimate of drug-likeness (QED) is 0.667. The van der Waals surface area contributed by atoms with E-state index in [9.17, 15) is 4.79 Å². The van der Waals surface area contributed by atoms with Crippen LogP contribution in [-0.4, -0.2) is 16.0 Å². The van der Waals surface area contributed by atoms with Crippen molar-refractivity contribution in [2.45, 2.75) is 0 Å². The average Bonchev–Trinajstić information content (AvgIpc) is 2.49. The molecule has 4 N–H and O–H groups in total. The van der Waals surface area contributed by atoms with Crippen LogP contribution in [0.3, 0.4) is 0 Å². The number of carbonyl (C=O) groups excluding carboxylic acids is 1. The van der Waals surface area contributed by atoms with Crippen molar-refractivity contribution in [1.29, 1.82) is 0 Å². The van der Waals surface area contributed by atoms with Crippen molar-refractivity contribution in [2.75, 3.05) is 10.6 Å². The van der Waals surface area contributed by atoms with E-state index in [1.54, 1.807) is 18.2 Å². The molecule has 2 aromatic carbocycles. The molecule has 2 amide bonds. The standard InChI is InChI=1S/C15H12BrN5O/c16-9-1-3-10(4-2-9)20-14-12-7-11(21-15(17)22)5-6-13(12)18-8-19-14/h1-8H,(H3,17,21,22)(H,18,19,20). The first-order chi connectivity index (χ1) is 10.6. The topological polar surface area (TPSA) is 92.9 Å². The Morgan fingerprint density at radius 3 is 2.50 bits per heavy atom. The fraction of sp³-hybridized carbons (Fsp3) is 0. The van der Waals surface area contributed by atoms with E-state index < -0.39 is 6.03 Å². The number of halogens is 1. The van der Waals surface area contributed by atoms with E-state index in [0.717, 1.165) is 21.1 Å². The highest BCUT2D eigenvalue weighted by Crippen LogP contribution is 2.26. The lowest BCUT2D eigenvalue weighted by Crippen LogP contribution is -2.19. The summed E-state index contributed by atoms with van der Waals surface area (Å²) in [5.74, 6) is 0.653. The average molecular weight is 358 g/mol. The zero-order chi connectivity index (χ0) is 15.5. The second-order valence-electron chi connectivity index (χ2n) is 4.58. The van der Waals surface area contributed by atoms with Crippen LogP contribution in [0.1, 0.15) is 0 Å². The van der Waals surface area contributed by atoms with Gasteiger partial charge in [0.25, 0.3) is 0 Å². The van der Waals surface area contributed by atoms with Gasteiger partial charge in [0.2, 0.25) is 0 Å². The number of carbonyl (C=O) groups is 1. The summed E-state index contributed by atoms with van der Waals surface area (Å²) >= 11 is 3.40. The number of anilines is 3. The zero-order valence-electron chi connectivity index (χ0n) is 11.4. The second-order valence-corrected chi connectivity index (χ2v) is 5.49. The SMILES string of the molecule is NC(=O)Nc1ccc2ncnc(Nc3ccc(Br)cc3)c2c1. The van der Waals surface area contributed by atoms with Gasteiger partial charge in [0.1, 0.15) is 12.1 Å². The molecule has 6 nitrogen and oxygen atoms in total. The van der Waals surface area contributed by atoms with Gasteiger partial charge in [-0.1, -0.05) is 15.9 Å². The Balaban J connectivity index is 2.00. The smallest absolute Gasteiger partial charge is 0.316 e. The Labute approximate surface area is 134 Å². The molecule has 1 aromatic heterocycles. The Hall–Kier alpha value is -2.67. The van der Waals surface area contributed by atoms with Gasteiger partial charge in [-0.2, -0.15) is 0 Å². The lowest BCUT2D eigenvalue weighted by Gasteiger charge is -2.10. The molecule has 0 unspecified atom stereocenters. The molecule has 7 heteroatoms. The number of nitrogens with one attached hydrogen (secondary N) is 2. The van der Waals surface area contributed by atoms with E-state index in [0.29, 0.717) is 11.5 Å². The first kappa shape index (κ1) is 14.3. The summed E-state index contributed by atoms with van der Waals surface area (Å²) in [7, 11) is 0. The maximum Gasteiger partial charge on any atom is 0.316 e. The molecular formula is C15H12BrN5O. The molecule has 22 heavy (non-hydrogen) atoms. The van der Waals surface area contributed by atoms with Crippen LogP contribution in [0.25, 0.3) is 10.9 Å². The van der Waals surface area contributed by atoms with Crippen molar-refractivity contribution >= 4 is 50.1 Å². The summed E-state index contributed by atoms with van der Waals surface area (Å²) in [6.45, 7) is 0. The summed E-state index contributed by atoms with van der Waals surface area (Å²) in [5, 5.41) is 6.57. The summed E-state index contributed by atoms with van der Waals surface area (Å²) in [5.41, 5.74) is 7.40. The summed E-state index contributed by atoms with van der Waals surface area (Å²) in [6, 6.07) is 12.4. The maximum absolute atomic E-state index is 11.0. The van der Waals surface area contributed by atoms with Crippen molar-refractivity contribution in [1.82, 2.24) is 9.97 Å². The van der Waals surface area contributed by atoms with Crippen LogP contribution in [0.4, 0.5) is 22.0 Å². The van der Waals surface area contributed by atoms with Crippen molar-refractivity contribution in [3.63, 3.8) is 0 Å². The Morgan fingerprint density at radius 2 is 1.77 bits per heavy atom. The van der Waals surface area contributed by atoms with Gasteiger partial charge in [0, 0.05) is 21.2 Å². The third-order valence-corrected chi connectivity index (χ3v) is 3.54. The Kier molecular flexibility index (Phi) is 3.88. The number of hydrogen-bond donors (Lipinski definition) is 3. The van der Waals surface area contributed by atoms with Crippen LogP contribution in [0.2, 0.25) is 0 Å². The lowest BCUT2D eigenvalue weighted by molar-refractivity contribution is 0.259. The molecule has 0 spiro atoms. The fourth-order valence-electron chi connectivity index (χ4n) is 2.05. The minimum absolute atomic E-state index is 0.591. The van der Waals surface area contributed by atoms with Crippen molar-refractivity contribution in [2.24, 2.45) is 5.73 Å². The van der Waals surface area contributed by atoms with Crippen molar-refractivity contribution in [3.8, 4) is 0 Å². The zero-order valence-corrected chi connectivity index (χ0v) is 13.0. The van der Waals surface area contributed by atoms with E-state index in [-0.39, 0.29) is 0 Å². The highest BCUT2D eigenvalue weighted by atomic mass is 79.9. The summed E-state index contributed by atoms with van der Waals surface area (Å²) < 4.78 is 0.999. The molecule has 0 bridgehead atoms. The maximum atomic E-state index is 11.0. The number of benzene rings is 2. The number of urea groups is 1. The number of nitrogens with two attached hydrogens (primary N) is 1. The second kappa shape index (κ2) is 5.98. The molecule has 0 aliphatic rings. The Morgan fingerprint density at radius 1 is 1.05 bits per heavy atom. The molecule has 1 heterocycles. The van der Waals surface area contributed by atoms with Gasteiger partial charge < -0.3 is 16.4 Å². The first-order valence-electron chi connectivity index (χ1n) is 6.45. The molecular weight excluding hydrogens is 346 g/mol. The molecule has 0 atom stereocenters. The van der Waals surface area contributed by atoms with Gasteiger partial charge >= 0.3 is 6.03 Å². The lowest BCUT2D eigenvalue weighted by atomic mass is 10.2. The number of rotatable bonds is 3. The highest BCUT2D eigenvalue weighted by Gasteiger charge is 2.06. The number of aromatic nitrogens is 2. The monoisotopic (exact) mass is 357 g/mol. The minimum Gasteiger partial charge on any atom is -0.351 e. The van der Waals surface area contributed by atoms with Crippen LogP contribution in [0, 0.1) is 0 Å². The number of hydrogen-bond acceptors (Lipinski definition) is 4. The molecule has 0 saturated carbocycles. The van der Waals surface area contributed by atoms with Gasteiger partial charge in [-0.15, -0.1) is 0 Å². The molecule has 0 fully saturated rings. The highest BCUT2D eigenvalue weighted by molar-refractivity contribution is 9.10. The predicted molar refractivity (Wildman–Crippen MR) is 90.2 cm³/mol. The van der Waals surface area contributed by atoms with E-state index in [2.05, 4.69) is 36.5 Å². The van der Waals surface area contributed by atoms with Crippen molar-refractivity contribution in [3.05, 3.63) is 53.3 Å². The van der Waals surface area contributed by atoms with E-state index >= 15 is 0 Å². The normalized spacial score (nSPS) is 10.4. The van der Waals surface area contributed by atoms with Gasteiger partial charge in [-0.05, 0) is 42.5 Å². The molecule has 110 valence electrons. The molecule has 3 rings (SSSR count). The fourth-order valence-corrected chi connectivity index (χ4v) is 2.31. The van der Waals surface area contributed by atoms with Gasteiger partial charge in [0.05, 0.1) is 5.52 Å². The summed E-state index contributed by atoms with van der Waals surface area (Å²) in [4.78, 5) is 19.5. The van der Waals surface area contributed by atoms with Crippen LogP contribution in [0.5, 0.6) is 0 Å². The number of nitrogens with zero attached hydrogens (tertiary/aromatic N) is 2. The van der Waals surface area contributed by atoms with E-state index in [1.807, 2.05) is 24.3 Å². The Bertz CT molecular complexity index is 835. The molecule has 0 aliphatic carbocycles. The molecule has 0 saturated heterocycles. The van der Waals surface area contributed by atoms with E-state index in [4.69, 9.17) is 5.73 Å². The summed E-state index contributed by atoms with van der Waals surface area (Å²) in [6.07, 6.45) is 1.49. The van der Waals surface area contributed by atoms with Gasteiger partial charge in [0.15, 0.2) is 0 Å². The minimum atomic E-state index is -0.612. The largest absolute Gasteiger partial charge is 0.351 e. The number of amides is 2. The van der Waals surface area contributed by atoms with Crippen LogP contribution < -0.4 is 16.4 Å².